The Morgan fingerprint density at radius 1 is 1.33 bits per heavy atom. The number of hydrogen-bond donors (Lipinski definition) is 0. The molecule has 0 N–H and O–H groups in total. The lowest BCUT2D eigenvalue weighted by Crippen LogP contribution is -1.84. The second-order valence-electron chi connectivity index (χ2n) is 2.20. The van der Waals surface area contributed by atoms with Gasteiger partial charge in [0.2, 0.25) is 0 Å². The third-order valence-corrected chi connectivity index (χ3v) is 3.78. The molecule has 0 aromatic heterocycles. The van der Waals surface area contributed by atoms with Gasteiger partial charge in [-0.1, -0.05) is 6.08 Å². The Kier molecular flexibility index (Phi) is 3.03. The summed E-state index contributed by atoms with van der Waals surface area (Å²) in [4.78, 5) is 0. The van der Waals surface area contributed by atoms with Crippen LogP contribution in [0.25, 0.3) is 0 Å². The zero-order chi connectivity index (χ0) is 6.69. The van der Waals surface area contributed by atoms with Gasteiger partial charge in [0.15, 0.2) is 0 Å². The highest BCUT2D eigenvalue weighted by Gasteiger charge is 2.01. The summed E-state index contributed by atoms with van der Waals surface area (Å²) in [7, 11) is 0. The largest absolute Gasteiger partial charge is 0.0755 e. The molecule has 1 aliphatic carbocycles. The minimum Gasteiger partial charge on any atom is -0.0755 e. The van der Waals surface area contributed by atoms with Crippen LogP contribution in [0.4, 0.5) is 0 Å². The van der Waals surface area contributed by atoms with Gasteiger partial charge in [-0.05, 0) is 54.6 Å². The fourth-order valence-corrected chi connectivity index (χ4v) is 2.60. The summed E-state index contributed by atoms with van der Waals surface area (Å²) < 4.78 is 0. The Labute approximate surface area is 66.4 Å². The quantitative estimate of drug-likeness (QED) is 0.563. The molecule has 0 aliphatic heterocycles. The Morgan fingerprint density at radius 2 is 2.11 bits per heavy atom. The molecular weight excluding hydrogens is 167 g/mol. The molecule has 0 atom stereocenters. The maximum atomic E-state index is 5.01. The first kappa shape index (κ1) is 7.59. The predicted octanol–water partition coefficient (Wildman–Crippen LogP) is 2.85. The van der Waals surface area contributed by atoms with Crippen molar-refractivity contribution in [3.63, 3.8) is 0 Å². The van der Waals surface area contributed by atoms with Gasteiger partial charge in [0.05, 0.1) is 0 Å². The molecule has 0 aromatic rings. The predicted molar refractivity (Wildman–Crippen MR) is 48.2 cm³/mol. The minimum absolute atomic E-state index is 0.591. The van der Waals surface area contributed by atoms with Crippen LogP contribution in [-0.2, 0) is 23.6 Å². The van der Waals surface area contributed by atoms with Gasteiger partial charge in [-0.2, -0.15) is 0 Å². The fourth-order valence-electron chi connectivity index (χ4n) is 0.987. The molecule has 0 fully saturated rings. The molecule has 9 heavy (non-hydrogen) atoms. The first-order valence-corrected chi connectivity index (χ1v) is 6.51. The van der Waals surface area contributed by atoms with Crippen LogP contribution in [0.3, 0.4) is 0 Å². The Balaban J connectivity index is 2.68. The molecule has 1 rings (SSSR count). The van der Waals surface area contributed by atoms with Crippen LogP contribution < -0.4 is 0 Å². The highest BCUT2D eigenvalue weighted by molar-refractivity contribution is 8.26. The second-order valence-corrected chi connectivity index (χ2v) is 6.17. The maximum absolute atomic E-state index is 5.01. The summed E-state index contributed by atoms with van der Waals surface area (Å²) in [6.07, 6.45) is 7.27. The van der Waals surface area contributed by atoms with Gasteiger partial charge >= 0.3 is 0 Å². The van der Waals surface area contributed by atoms with E-state index in [9.17, 15) is 0 Å². The lowest BCUT2D eigenvalue weighted by molar-refractivity contribution is 0.723. The van der Waals surface area contributed by atoms with E-state index in [2.05, 4.69) is 6.08 Å². The van der Waals surface area contributed by atoms with E-state index in [0.717, 1.165) is 0 Å². The van der Waals surface area contributed by atoms with E-state index in [1.807, 2.05) is 0 Å². The zero-order valence-corrected chi connectivity index (χ0v) is 7.70. The standard InChI is InChI=1S/C6H9PS2/c8-7(9)6-4-2-1-3-5-6/h4H,1-3,5H2. The molecule has 0 unspecified atom stereocenters. The van der Waals surface area contributed by atoms with Crippen molar-refractivity contribution >= 4 is 29.1 Å². The van der Waals surface area contributed by atoms with Crippen molar-refractivity contribution in [2.75, 3.05) is 0 Å². The van der Waals surface area contributed by atoms with Gasteiger partial charge in [-0.15, -0.1) is 0 Å². The zero-order valence-electron chi connectivity index (χ0n) is 5.17. The summed E-state index contributed by atoms with van der Waals surface area (Å²) in [5, 5.41) is 1.38. The molecule has 0 heterocycles. The van der Waals surface area contributed by atoms with Crippen molar-refractivity contribution in [2.24, 2.45) is 0 Å². The highest BCUT2D eigenvalue weighted by Crippen LogP contribution is 2.30. The average molecular weight is 176 g/mol. The van der Waals surface area contributed by atoms with Crippen LogP contribution in [0.15, 0.2) is 11.4 Å². The molecule has 50 valence electrons. The molecule has 3 heteroatoms. The molecule has 0 amide bonds. The van der Waals surface area contributed by atoms with Gasteiger partial charge in [0.25, 0.3) is 0 Å². The third-order valence-electron chi connectivity index (χ3n) is 1.50. The van der Waals surface area contributed by atoms with Crippen LogP contribution in [0.1, 0.15) is 25.7 Å². The normalized spacial score (nSPS) is 18.9. The minimum atomic E-state index is -0.591. The molecule has 0 spiro atoms. The number of allylic oxidation sites excluding steroid dienone is 2. The lowest BCUT2D eigenvalue weighted by Gasteiger charge is -2.06. The SMILES string of the molecule is S=P(=S)C1=CCCCC1. The van der Waals surface area contributed by atoms with Gasteiger partial charge in [0, 0.05) is 5.47 Å². The fraction of sp³-hybridized carbons (Fsp3) is 0.667. The summed E-state index contributed by atoms with van der Waals surface area (Å²) in [6, 6.07) is 0. The van der Waals surface area contributed by atoms with Crippen LogP contribution in [0.5, 0.6) is 0 Å². The Bertz CT molecular complexity index is 183. The van der Waals surface area contributed by atoms with Crippen LogP contribution >= 0.6 is 5.47 Å². The van der Waals surface area contributed by atoms with Crippen molar-refractivity contribution < 1.29 is 0 Å². The number of hydrogen-bond acceptors (Lipinski definition) is 2. The first-order chi connectivity index (χ1) is 4.30. The molecule has 1 aliphatic rings. The monoisotopic (exact) mass is 176 g/mol. The van der Waals surface area contributed by atoms with Crippen molar-refractivity contribution in [2.45, 2.75) is 25.7 Å². The summed E-state index contributed by atoms with van der Waals surface area (Å²) in [5.74, 6) is 0. The summed E-state index contributed by atoms with van der Waals surface area (Å²) >= 11 is 10.0. The van der Waals surface area contributed by atoms with E-state index in [-0.39, 0.29) is 0 Å². The Morgan fingerprint density at radius 3 is 2.44 bits per heavy atom. The van der Waals surface area contributed by atoms with Crippen molar-refractivity contribution in [1.29, 1.82) is 0 Å². The average Bonchev–Trinajstić information content (AvgIpc) is 1.90. The van der Waals surface area contributed by atoms with Crippen LogP contribution in [0, 0.1) is 0 Å². The molecule has 0 radical (unpaired) electrons. The molecule has 0 saturated carbocycles. The Hall–Kier alpha value is 0.480. The molecule has 0 aromatic carbocycles. The van der Waals surface area contributed by atoms with E-state index < -0.39 is 5.47 Å². The third kappa shape index (κ3) is 2.29. The maximum Gasteiger partial charge on any atom is 0.0375 e. The van der Waals surface area contributed by atoms with E-state index in [0.29, 0.717) is 0 Å². The smallest absolute Gasteiger partial charge is 0.0375 e. The summed E-state index contributed by atoms with van der Waals surface area (Å²) in [6.45, 7) is 0. The van der Waals surface area contributed by atoms with Gasteiger partial charge in [-0.25, -0.2) is 0 Å². The molecular formula is C6H9PS2. The van der Waals surface area contributed by atoms with Crippen LogP contribution in [0.2, 0.25) is 0 Å². The van der Waals surface area contributed by atoms with E-state index in [4.69, 9.17) is 23.6 Å². The van der Waals surface area contributed by atoms with Crippen molar-refractivity contribution in [3.8, 4) is 0 Å². The molecule has 0 saturated heterocycles. The van der Waals surface area contributed by atoms with E-state index >= 15 is 0 Å². The highest BCUT2D eigenvalue weighted by atomic mass is 32.7. The second kappa shape index (κ2) is 3.60. The topological polar surface area (TPSA) is 0 Å². The van der Waals surface area contributed by atoms with E-state index in [1.165, 1.54) is 31.0 Å². The van der Waals surface area contributed by atoms with Crippen molar-refractivity contribution in [3.05, 3.63) is 11.4 Å². The molecule has 0 bridgehead atoms. The summed E-state index contributed by atoms with van der Waals surface area (Å²) in [5.41, 5.74) is -0.591. The van der Waals surface area contributed by atoms with Crippen molar-refractivity contribution in [1.82, 2.24) is 0 Å². The lowest BCUT2D eigenvalue weighted by atomic mass is 10.1. The van der Waals surface area contributed by atoms with Crippen LogP contribution in [-0.4, -0.2) is 0 Å². The van der Waals surface area contributed by atoms with E-state index in [1.54, 1.807) is 0 Å². The molecule has 0 nitrogen and oxygen atoms in total. The van der Waals surface area contributed by atoms with Gasteiger partial charge < -0.3 is 0 Å². The first-order valence-electron chi connectivity index (χ1n) is 3.14. The van der Waals surface area contributed by atoms with Gasteiger partial charge in [0.1, 0.15) is 0 Å². The number of rotatable bonds is 1. The van der Waals surface area contributed by atoms with Gasteiger partial charge in [-0.3, -0.25) is 0 Å².